The van der Waals surface area contributed by atoms with E-state index in [-0.39, 0.29) is 18.2 Å². The van der Waals surface area contributed by atoms with E-state index < -0.39 is 5.92 Å². The first-order valence-electron chi connectivity index (χ1n) is 9.08. The molecular formula is C21H23N3O3. The Bertz CT molecular complexity index is 803. The van der Waals surface area contributed by atoms with Gasteiger partial charge < -0.3 is 9.64 Å². The van der Waals surface area contributed by atoms with Crippen LogP contribution in [0.2, 0.25) is 0 Å². The van der Waals surface area contributed by atoms with Crippen LogP contribution < -0.4 is 15.1 Å². The lowest BCUT2D eigenvalue weighted by Gasteiger charge is -2.16. The van der Waals surface area contributed by atoms with Crippen LogP contribution in [0.25, 0.3) is 0 Å². The molecule has 0 bridgehead atoms. The number of nitrogens with one attached hydrogen (secondary N) is 1. The number of rotatable bonds is 7. The molecule has 1 heterocycles. The molecule has 2 amide bonds. The summed E-state index contributed by atoms with van der Waals surface area (Å²) in [5.41, 5.74) is 4.20. The molecule has 1 N–H and O–H groups in total. The van der Waals surface area contributed by atoms with E-state index in [1.165, 1.54) is 0 Å². The van der Waals surface area contributed by atoms with Gasteiger partial charge in [0.2, 0.25) is 11.8 Å². The van der Waals surface area contributed by atoms with Crippen LogP contribution in [-0.4, -0.2) is 31.2 Å². The molecular weight excluding hydrogens is 342 g/mol. The van der Waals surface area contributed by atoms with Crippen molar-refractivity contribution in [3.63, 3.8) is 0 Å². The van der Waals surface area contributed by atoms with Crippen LogP contribution in [0.5, 0.6) is 5.75 Å². The average molecular weight is 365 g/mol. The van der Waals surface area contributed by atoms with Gasteiger partial charge in [0.05, 0.1) is 18.7 Å². The Kier molecular flexibility index (Phi) is 6.20. The maximum Gasteiger partial charge on any atom is 0.245 e. The highest BCUT2D eigenvalue weighted by atomic mass is 16.5. The van der Waals surface area contributed by atoms with Crippen molar-refractivity contribution in [2.24, 2.45) is 11.0 Å². The summed E-state index contributed by atoms with van der Waals surface area (Å²) >= 11 is 0. The van der Waals surface area contributed by atoms with E-state index in [9.17, 15) is 9.59 Å². The Balaban J connectivity index is 1.52. The molecule has 1 atom stereocenters. The predicted molar refractivity (Wildman–Crippen MR) is 105 cm³/mol. The van der Waals surface area contributed by atoms with Gasteiger partial charge in [-0.05, 0) is 48.4 Å². The number of carbonyl (C=O) groups excluding carboxylic acids is 2. The van der Waals surface area contributed by atoms with Crippen molar-refractivity contribution in [3.05, 3.63) is 60.2 Å². The zero-order valence-electron chi connectivity index (χ0n) is 15.3. The highest BCUT2D eigenvalue weighted by Gasteiger charge is 2.34. The fraction of sp³-hybridized carbons (Fsp3) is 0.286. The first-order valence-corrected chi connectivity index (χ1v) is 9.08. The molecule has 1 aliphatic rings. The standard InChI is InChI=1S/C21H23N3O3/c1-2-12-27-19-10-8-16(9-11-19)14-22-23-21(26)17-13-20(25)24(15-17)18-6-4-3-5-7-18/h3-11,14,17H,2,12-13,15H2,1H3,(H,23,26)/b22-14-/t17-/m0/s1. The summed E-state index contributed by atoms with van der Waals surface area (Å²) in [6, 6.07) is 16.9. The van der Waals surface area contributed by atoms with Crippen LogP contribution >= 0.6 is 0 Å². The molecule has 2 aromatic carbocycles. The van der Waals surface area contributed by atoms with Gasteiger partial charge in [0.1, 0.15) is 5.75 Å². The van der Waals surface area contributed by atoms with Gasteiger partial charge in [0.15, 0.2) is 0 Å². The van der Waals surface area contributed by atoms with E-state index in [0.717, 1.165) is 23.4 Å². The highest BCUT2D eigenvalue weighted by Crippen LogP contribution is 2.24. The minimum absolute atomic E-state index is 0.0482. The van der Waals surface area contributed by atoms with E-state index in [1.54, 1.807) is 11.1 Å². The molecule has 0 unspecified atom stereocenters. The number of amides is 2. The van der Waals surface area contributed by atoms with Crippen molar-refractivity contribution in [1.29, 1.82) is 0 Å². The molecule has 1 saturated heterocycles. The fourth-order valence-corrected chi connectivity index (χ4v) is 2.87. The van der Waals surface area contributed by atoms with Gasteiger partial charge in [-0.3, -0.25) is 9.59 Å². The average Bonchev–Trinajstić information content (AvgIpc) is 3.10. The van der Waals surface area contributed by atoms with E-state index in [4.69, 9.17) is 4.74 Å². The van der Waals surface area contributed by atoms with Crippen LogP contribution in [0.1, 0.15) is 25.3 Å². The largest absolute Gasteiger partial charge is 0.494 e. The zero-order valence-corrected chi connectivity index (χ0v) is 15.3. The van der Waals surface area contributed by atoms with Gasteiger partial charge in [-0.1, -0.05) is 25.1 Å². The van der Waals surface area contributed by atoms with Gasteiger partial charge in [0, 0.05) is 18.7 Å². The lowest BCUT2D eigenvalue weighted by molar-refractivity contribution is -0.126. The number of carbonyl (C=O) groups is 2. The second-order valence-electron chi connectivity index (χ2n) is 6.39. The second-order valence-corrected chi connectivity index (χ2v) is 6.39. The normalized spacial score (nSPS) is 16.7. The summed E-state index contributed by atoms with van der Waals surface area (Å²) in [6.07, 6.45) is 2.73. The summed E-state index contributed by atoms with van der Waals surface area (Å²) in [5, 5.41) is 4.01. The van der Waals surface area contributed by atoms with E-state index in [1.807, 2.05) is 54.6 Å². The minimum atomic E-state index is -0.403. The van der Waals surface area contributed by atoms with Gasteiger partial charge in [-0.2, -0.15) is 5.10 Å². The Morgan fingerprint density at radius 2 is 1.96 bits per heavy atom. The van der Waals surface area contributed by atoms with Crippen LogP contribution in [-0.2, 0) is 9.59 Å². The van der Waals surface area contributed by atoms with Gasteiger partial charge in [-0.25, -0.2) is 5.43 Å². The van der Waals surface area contributed by atoms with Gasteiger partial charge in [-0.15, -0.1) is 0 Å². The number of hydrogen-bond acceptors (Lipinski definition) is 4. The number of benzene rings is 2. The lowest BCUT2D eigenvalue weighted by atomic mass is 10.1. The third-order valence-corrected chi connectivity index (χ3v) is 4.31. The molecule has 0 spiro atoms. The summed E-state index contributed by atoms with van der Waals surface area (Å²) in [5.74, 6) is 0.108. The van der Waals surface area contributed by atoms with Crippen molar-refractivity contribution in [2.45, 2.75) is 19.8 Å². The maximum atomic E-state index is 12.3. The molecule has 6 nitrogen and oxygen atoms in total. The molecule has 0 aromatic heterocycles. The Morgan fingerprint density at radius 1 is 1.22 bits per heavy atom. The minimum Gasteiger partial charge on any atom is -0.494 e. The van der Waals surface area contributed by atoms with Gasteiger partial charge >= 0.3 is 0 Å². The quantitative estimate of drug-likeness (QED) is 0.606. The number of anilines is 1. The molecule has 1 fully saturated rings. The molecule has 0 aliphatic carbocycles. The van der Waals surface area contributed by atoms with Crippen LogP contribution in [0, 0.1) is 5.92 Å². The van der Waals surface area contributed by atoms with Crippen molar-refractivity contribution in [2.75, 3.05) is 18.1 Å². The molecule has 2 aromatic rings. The maximum absolute atomic E-state index is 12.3. The fourth-order valence-electron chi connectivity index (χ4n) is 2.87. The van der Waals surface area contributed by atoms with Gasteiger partial charge in [0.25, 0.3) is 0 Å². The number of ether oxygens (including phenoxy) is 1. The summed E-state index contributed by atoms with van der Waals surface area (Å²) in [4.78, 5) is 26.1. The summed E-state index contributed by atoms with van der Waals surface area (Å²) in [7, 11) is 0. The number of nitrogens with zero attached hydrogens (tertiary/aromatic N) is 2. The topological polar surface area (TPSA) is 71.0 Å². The van der Waals surface area contributed by atoms with Crippen molar-refractivity contribution in [1.82, 2.24) is 5.43 Å². The molecule has 6 heteroatoms. The van der Waals surface area contributed by atoms with Crippen molar-refractivity contribution < 1.29 is 14.3 Å². The summed E-state index contributed by atoms with van der Waals surface area (Å²) in [6.45, 7) is 3.11. The first kappa shape index (κ1) is 18.6. The third kappa shape index (κ3) is 4.94. The van der Waals surface area contributed by atoms with E-state index >= 15 is 0 Å². The monoisotopic (exact) mass is 365 g/mol. The van der Waals surface area contributed by atoms with E-state index in [2.05, 4.69) is 17.5 Å². The molecule has 0 radical (unpaired) electrons. The second kappa shape index (κ2) is 8.98. The van der Waals surface area contributed by atoms with E-state index in [0.29, 0.717) is 13.2 Å². The third-order valence-electron chi connectivity index (χ3n) is 4.31. The predicted octanol–water partition coefficient (Wildman–Crippen LogP) is 2.98. The molecule has 27 heavy (non-hydrogen) atoms. The Morgan fingerprint density at radius 3 is 2.67 bits per heavy atom. The lowest BCUT2D eigenvalue weighted by Crippen LogP contribution is -2.30. The first-order chi connectivity index (χ1) is 13.2. The molecule has 0 saturated carbocycles. The SMILES string of the molecule is CCCOc1ccc(/C=N\NC(=O)[C@H]2CC(=O)N(c3ccccc3)C2)cc1. The van der Waals surface area contributed by atoms with Crippen LogP contribution in [0.15, 0.2) is 59.7 Å². The summed E-state index contributed by atoms with van der Waals surface area (Å²) < 4.78 is 5.53. The van der Waals surface area contributed by atoms with Crippen LogP contribution in [0.3, 0.4) is 0 Å². The number of hydrazone groups is 1. The molecule has 1 aliphatic heterocycles. The van der Waals surface area contributed by atoms with Crippen molar-refractivity contribution in [3.8, 4) is 5.75 Å². The Labute approximate surface area is 158 Å². The molecule has 3 rings (SSSR count). The van der Waals surface area contributed by atoms with Crippen LogP contribution in [0.4, 0.5) is 5.69 Å². The highest BCUT2D eigenvalue weighted by molar-refractivity contribution is 6.00. The Hall–Kier alpha value is -3.15. The number of hydrogen-bond donors (Lipinski definition) is 1. The zero-order chi connectivity index (χ0) is 19.1. The smallest absolute Gasteiger partial charge is 0.245 e. The number of para-hydroxylation sites is 1. The molecule has 140 valence electrons. The van der Waals surface area contributed by atoms with Crippen molar-refractivity contribution >= 4 is 23.7 Å².